The first-order valence-corrected chi connectivity index (χ1v) is 3.18. The molecule has 1 aliphatic heterocycles. The van der Waals surface area contributed by atoms with Crippen LogP contribution in [0.1, 0.15) is 6.42 Å². The van der Waals surface area contributed by atoms with Crippen LogP contribution in [0, 0.1) is 7.43 Å². The van der Waals surface area contributed by atoms with Crippen LogP contribution in [0.3, 0.4) is 0 Å². The Morgan fingerprint density at radius 2 is 2.00 bits per heavy atom. The molecular weight excluding hydrogens is 245 g/mol. The zero-order chi connectivity index (χ0) is 5.98. The van der Waals surface area contributed by atoms with Crippen molar-refractivity contribution in [3.63, 3.8) is 0 Å². The molecule has 0 radical (unpaired) electrons. The van der Waals surface area contributed by atoms with Gasteiger partial charge < -0.3 is 17.6 Å². The maximum atomic E-state index is 3.31. The van der Waals surface area contributed by atoms with Gasteiger partial charge in [0.1, 0.15) is 0 Å². The van der Waals surface area contributed by atoms with Crippen LogP contribution in [-0.4, -0.2) is 38.1 Å². The molecule has 0 spiro atoms. The molecule has 10 heavy (non-hydrogen) atoms. The second kappa shape index (κ2) is 7.61. The zero-order valence-electron chi connectivity index (χ0n) is 7.65. The van der Waals surface area contributed by atoms with E-state index in [1.165, 1.54) is 19.5 Å². The van der Waals surface area contributed by atoms with Gasteiger partial charge >= 0.3 is 68.9 Å². The van der Waals surface area contributed by atoms with Gasteiger partial charge in [0, 0.05) is 12.6 Å². The molecule has 1 atom stereocenters. The molecule has 1 unspecified atom stereocenters. The van der Waals surface area contributed by atoms with E-state index in [2.05, 4.69) is 24.3 Å². The molecular formula is C7H17CsN2. The standard InChI is InChI=1S/C6H14N2.CH3.Cs/c1-8(2)6-3-4-7-5-6;;/h6-7H,3-5H2,1-2H3;1H3;/q;-1;+1. The number of hydrogen-bond acceptors (Lipinski definition) is 2. The van der Waals surface area contributed by atoms with Crippen molar-refractivity contribution in [2.45, 2.75) is 12.5 Å². The van der Waals surface area contributed by atoms with Crippen molar-refractivity contribution in [2.24, 2.45) is 0 Å². The molecule has 3 heteroatoms. The minimum Gasteiger partial charge on any atom is -0.358 e. The van der Waals surface area contributed by atoms with E-state index in [9.17, 15) is 0 Å². The normalized spacial score (nSPS) is 23.7. The minimum absolute atomic E-state index is 0. The average Bonchev–Trinajstić information content (AvgIpc) is 2.12. The summed E-state index contributed by atoms with van der Waals surface area (Å²) < 4.78 is 0. The average molecular weight is 262 g/mol. The van der Waals surface area contributed by atoms with Crippen LogP contribution in [0.15, 0.2) is 0 Å². The van der Waals surface area contributed by atoms with E-state index in [1.54, 1.807) is 0 Å². The number of rotatable bonds is 1. The number of hydrogen-bond donors (Lipinski definition) is 1. The molecule has 0 aliphatic carbocycles. The summed E-state index contributed by atoms with van der Waals surface area (Å²) in [5.74, 6) is 0. The van der Waals surface area contributed by atoms with Gasteiger partial charge in [0.05, 0.1) is 0 Å². The summed E-state index contributed by atoms with van der Waals surface area (Å²) in [7, 11) is 4.27. The number of likely N-dealkylation sites (N-methyl/N-ethyl adjacent to an activating group) is 1. The summed E-state index contributed by atoms with van der Waals surface area (Å²) in [6.45, 7) is 2.37. The minimum atomic E-state index is 0. The van der Waals surface area contributed by atoms with Gasteiger partial charge in [0.2, 0.25) is 0 Å². The molecule has 2 nitrogen and oxygen atoms in total. The summed E-state index contributed by atoms with van der Waals surface area (Å²) in [6.07, 6.45) is 1.31. The van der Waals surface area contributed by atoms with E-state index in [1.807, 2.05) is 0 Å². The molecule has 0 saturated carbocycles. The van der Waals surface area contributed by atoms with Crippen molar-refractivity contribution in [1.82, 2.24) is 10.2 Å². The van der Waals surface area contributed by atoms with Gasteiger partial charge in [-0.05, 0) is 27.1 Å². The van der Waals surface area contributed by atoms with E-state index < -0.39 is 0 Å². The predicted molar refractivity (Wildman–Crippen MR) is 41.4 cm³/mol. The van der Waals surface area contributed by atoms with Gasteiger partial charge in [-0.25, -0.2) is 0 Å². The molecule has 1 saturated heterocycles. The molecule has 0 aromatic heterocycles. The maximum Gasteiger partial charge on any atom is 1.00 e. The summed E-state index contributed by atoms with van der Waals surface area (Å²) >= 11 is 0. The summed E-state index contributed by atoms with van der Waals surface area (Å²) in [4.78, 5) is 2.28. The summed E-state index contributed by atoms with van der Waals surface area (Å²) in [5.41, 5.74) is 0. The van der Waals surface area contributed by atoms with E-state index >= 15 is 0 Å². The third-order valence-corrected chi connectivity index (χ3v) is 1.76. The largest absolute Gasteiger partial charge is 1.00 e. The Morgan fingerprint density at radius 3 is 2.20 bits per heavy atom. The Bertz CT molecular complexity index is 70.0. The molecule has 1 heterocycles. The molecule has 1 aliphatic rings. The summed E-state index contributed by atoms with van der Waals surface area (Å²) in [6, 6.07) is 0.787. The van der Waals surface area contributed by atoms with Crippen molar-refractivity contribution < 1.29 is 68.9 Å². The molecule has 1 N–H and O–H groups in total. The Balaban J connectivity index is 0. The topological polar surface area (TPSA) is 15.3 Å². The molecule has 1 rings (SSSR count). The molecule has 0 aromatic rings. The van der Waals surface area contributed by atoms with Crippen molar-refractivity contribution in [1.29, 1.82) is 0 Å². The number of nitrogens with zero attached hydrogens (tertiary/aromatic N) is 1. The zero-order valence-corrected chi connectivity index (χ0v) is 13.9. The summed E-state index contributed by atoms with van der Waals surface area (Å²) in [5, 5.41) is 3.31. The van der Waals surface area contributed by atoms with Crippen LogP contribution >= 0.6 is 0 Å². The van der Waals surface area contributed by atoms with E-state index in [4.69, 9.17) is 0 Å². The second-order valence-electron chi connectivity index (χ2n) is 2.61. The smallest absolute Gasteiger partial charge is 0.358 e. The predicted octanol–water partition coefficient (Wildman–Crippen LogP) is -2.64. The van der Waals surface area contributed by atoms with Gasteiger partial charge in [0.15, 0.2) is 0 Å². The van der Waals surface area contributed by atoms with Gasteiger partial charge in [-0.2, -0.15) is 0 Å². The monoisotopic (exact) mass is 262 g/mol. The van der Waals surface area contributed by atoms with E-state index in [0.717, 1.165) is 6.04 Å². The van der Waals surface area contributed by atoms with Crippen molar-refractivity contribution in [3.05, 3.63) is 7.43 Å². The molecule has 56 valence electrons. The van der Waals surface area contributed by atoms with E-state index in [-0.39, 0.29) is 76.3 Å². The maximum absolute atomic E-state index is 3.31. The number of nitrogens with one attached hydrogen (secondary N) is 1. The van der Waals surface area contributed by atoms with Crippen LogP contribution in [0.2, 0.25) is 0 Å². The third kappa shape index (κ3) is 4.77. The fourth-order valence-corrected chi connectivity index (χ4v) is 1.08. The Morgan fingerprint density at radius 1 is 1.40 bits per heavy atom. The van der Waals surface area contributed by atoms with Crippen molar-refractivity contribution in [3.8, 4) is 0 Å². The van der Waals surface area contributed by atoms with Crippen LogP contribution in [0.25, 0.3) is 0 Å². The van der Waals surface area contributed by atoms with Crippen molar-refractivity contribution in [2.75, 3.05) is 27.2 Å². The first kappa shape index (κ1) is 14.5. The molecule has 1 fully saturated rings. The van der Waals surface area contributed by atoms with Crippen LogP contribution in [0.5, 0.6) is 0 Å². The van der Waals surface area contributed by atoms with Crippen LogP contribution in [-0.2, 0) is 0 Å². The first-order valence-electron chi connectivity index (χ1n) is 3.18. The second-order valence-corrected chi connectivity index (χ2v) is 2.61. The fourth-order valence-electron chi connectivity index (χ4n) is 1.08. The van der Waals surface area contributed by atoms with Gasteiger partial charge in [0.25, 0.3) is 0 Å². The molecule has 0 bridgehead atoms. The van der Waals surface area contributed by atoms with Crippen LogP contribution in [0.4, 0.5) is 0 Å². The quantitative estimate of drug-likeness (QED) is 0.520. The van der Waals surface area contributed by atoms with Gasteiger partial charge in [-0.15, -0.1) is 0 Å². The fraction of sp³-hybridized carbons (Fsp3) is 0.857. The first-order chi connectivity index (χ1) is 3.80. The van der Waals surface area contributed by atoms with Gasteiger partial charge in [-0.3, -0.25) is 0 Å². The SMILES string of the molecule is CN(C)C1CCNC1.[CH3-].[Cs+]. The Labute approximate surface area is 124 Å². The van der Waals surface area contributed by atoms with Crippen LogP contribution < -0.4 is 74.2 Å². The Hall–Kier alpha value is 1.97. The van der Waals surface area contributed by atoms with E-state index in [0.29, 0.717) is 0 Å². The third-order valence-electron chi connectivity index (χ3n) is 1.76. The molecule has 0 amide bonds. The Kier molecular flexibility index (Phi) is 11.0. The molecule has 0 aromatic carbocycles. The van der Waals surface area contributed by atoms with Gasteiger partial charge in [-0.1, -0.05) is 0 Å². The van der Waals surface area contributed by atoms with Crippen molar-refractivity contribution >= 4 is 0 Å².